The lowest BCUT2D eigenvalue weighted by molar-refractivity contribution is -0.274. The summed E-state index contributed by atoms with van der Waals surface area (Å²) in [6.45, 7) is 0.614. The van der Waals surface area contributed by atoms with Crippen molar-refractivity contribution in [2.24, 2.45) is 5.73 Å². The van der Waals surface area contributed by atoms with E-state index in [0.717, 1.165) is 35.2 Å². The summed E-state index contributed by atoms with van der Waals surface area (Å²) in [7, 11) is 0. The smallest absolute Gasteiger partial charge is 0.477 e. The Hall–Kier alpha value is -3.38. The Morgan fingerprint density at radius 2 is 2.00 bits per heavy atom. The van der Waals surface area contributed by atoms with Crippen LogP contribution in [0.15, 0.2) is 35.4 Å². The van der Waals surface area contributed by atoms with Crippen LogP contribution in [0.5, 0.6) is 5.75 Å². The molecule has 3 aromatic rings. The number of nitrogens with zero attached hydrogens (tertiary/aromatic N) is 3. The van der Waals surface area contributed by atoms with Gasteiger partial charge >= 0.3 is 12.3 Å². The van der Waals surface area contributed by atoms with Crippen molar-refractivity contribution in [3.63, 3.8) is 0 Å². The topological polar surface area (TPSA) is 111 Å². The van der Waals surface area contributed by atoms with Crippen LogP contribution >= 0.6 is 11.6 Å². The third kappa shape index (κ3) is 3.82. The van der Waals surface area contributed by atoms with Crippen molar-refractivity contribution in [3.05, 3.63) is 57.2 Å². The number of carbonyl (C=O) groups is 1. The second kappa shape index (κ2) is 7.64. The number of hydrogen-bond acceptors (Lipinski definition) is 6. The normalized spacial score (nSPS) is 14.5. The van der Waals surface area contributed by atoms with Crippen molar-refractivity contribution >= 4 is 34.2 Å². The molecule has 4 rings (SSSR count). The van der Waals surface area contributed by atoms with Crippen molar-refractivity contribution in [1.82, 2.24) is 9.55 Å². The standard InChI is InChI=1S/C19H13ClF4N4O4/c20-14-15-10(3-12(21)16(14)27-5-8(25)6-27)17(29)11(18(30)31)7-28(15)13-2-1-9(4-26-13)32-19(22,23)24/h1-4,7-8H,5-6,25H2,(H,30,31). The minimum atomic E-state index is -4.93. The molecular weight excluding hydrogens is 460 g/mol. The van der Waals surface area contributed by atoms with Gasteiger partial charge in [-0.05, 0) is 18.2 Å². The first kappa shape index (κ1) is 21.8. The first-order valence-electron chi connectivity index (χ1n) is 8.99. The molecule has 0 bridgehead atoms. The average Bonchev–Trinajstić information content (AvgIpc) is 2.66. The van der Waals surface area contributed by atoms with E-state index in [9.17, 15) is 32.3 Å². The van der Waals surface area contributed by atoms with Gasteiger partial charge in [-0.25, -0.2) is 14.2 Å². The Balaban J connectivity index is 1.96. The van der Waals surface area contributed by atoms with E-state index < -0.39 is 34.9 Å². The molecule has 8 nitrogen and oxygen atoms in total. The van der Waals surface area contributed by atoms with Crippen LogP contribution in [0.2, 0.25) is 5.02 Å². The number of ether oxygens (including phenoxy) is 1. The number of nitrogens with two attached hydrogens (primary N) is 1. The second-order valence-electron chi connectivity index (χ2n) is 7.03. The van der Waals surface area contributed by atoms with Gasteiger partial charge in [-0.1, -0.05) is 11.6 Å². The van der Waals surface area contributed by atoms with E-state index >= 15 is 0 Å². The van der Waals surface area contributed by atoms with Gasteiger partial charge < -0.3 is 20.5 Å². The first-order chi connectivity index (χ1) is 15.0. The summed E-state index contributed by atoms with van der Waals surface area (Å²) in [4.78, 5) is 29.6. The highest BCUT2D eigenvalue weighted by Gasteiger charge is 2.32. The highest BCUT2D eigenvalue weighted by atomic mass is 35.5. The molecule has 0 atom stereocenters. The second-order valence-corrected chi connectivity index (χ2v) is 7.41. The molecule has 1 fully saturated rings. The molecule has 32 heavy (non-hydrogen) atoms. The summed E-state index contributed by atoms with van der Waals surface area (Å²) in [5.74, 6) is -3.12. The van der Waals surface area contributed by atoms with Gasteiger partial charge in [-0.3, -0.25) is 9.36 Å². The molecule has 2 aromatic heterocycles. The molecule has 0 amide bonds. The molecule has 168 valence electrons. The maximum atomic E-state index is 14.8. The maximum Gasteiger partial charge on any atom is 0.573 e. The highest BCUT2D eigenvalue weighted by molar-refractivity contribution is 6.38. The summed E-state index contributed by atoms with van der Waals surface area (Å²) < 4.78 is 57.0. The van der Waals surface area contributed by atoms with Crippen LogP contribution in [0.25, 0.3) is 16.7 Å². The number of carboxylic acids is 1. The largest absolute Gasteiger partial charge is 0.573 e. The predicted octanol–water partition coefficient (Wildman–Crippen LogP) is 2.92. The number of rotatable bonds is 4. The highest BCUT2D eigenvalue weighted by Crippen LogP contribution is 2.38. The van der Waals surface area contributed by atoms with Gasteiger partial charge in [0, 0.05) is 25.3 Å². The lowest BCUT2D eigenvalue weighted by Gasteiger charge is -2.39. The van der Waals surface area contributed by atoms with Crippen LogP contribution in [0.4, 0.5) is 23.2 Å². The molecule has 1 aliphatic rings. The van der Waals surface area contributed by atoms with E-state index in [1.165, 1.54) is 0 Å². The number of carboxylic acid groups (broad SMARTS) is 1. The van der Waals surface area contributed by atoms with Crippen LogP contribution < -0.4 is 20.8 Å². The van der Waals surface area contributed by atoms with E-state index in [1.54, 1.807) is 4.90 Å². The molecular formula is C19H13ClF4N4O4. The zero-order chi connectivity index (χ0) is 23.4. The monoisotopic (exact) mass is 472 g/mol. The van der Waals surface area contributed by atoms with Gasteiger partial charge in [0.25, 0.3) is 0 Å². The molecule has 0 saturated carbocycles. The van der Waals surface area contributed by atoms with E-state index in [2.05, 4.69) is 9.72 Å². The zero-order valence-corrected chi connectivity index (χ0v) is 16.6. The number of benzene rings is 1. The number of halogens is 5. The molecule has 0 unspecified atom stereocenters. The van der Waals surface area contributed by atoms with Crippen LogP contribution in [0, 0.1) is 5.82 Å². The van der Waals surface area contributed by atoms with E-state index in [1.807, 2.05) is 0 Å². The Labute approximate surface area is 181 Å². The van der Waals surface area contributed by atoms with Gasteiger partial charge in [-0.2, -0.15) is 0 Å². The van der Waals surface area contributed by atoms with Gasteiger partial charge in [0.15, 0.2) is 0 Å². The van der Waals surface area contributed by atoms with E-state index in [4.69, 9.17) is 17.3 Å². The van der Waals surface area contributed by atoms with Crippen LogP contribution in [-0.2, 0) is 0 Å². The zero-order valence-electron chi connectivity index (χ0n) is 15.9. The van der Waals surface area contributed by atoms with Crippen molar-refractivity contribution in [1.29, 1.82) is 0 Å². The Bertz CT molecular complexity index is 1290. The van der Waals surface area contributed by atoms with Crippen molar-refractivity contribution in [3.8, 4) is 11.6 Å². The number of anilines is 1. The number of aromatic carboxylic acids is 1. The van der Waals surface area contributed by atoms with Crippen LogP contribution in [-0.4, -0.2) is 46.1 Å². The van der Waals surface area contributed by atoms with Gasteiger partial charge in [-0.15, -0.1) is 13.2 Å². The Morgan fingerprint density at radius 1 is 1.31 bits per heavy atom. The van der Waals surface area contributed by atoms with Crippen molar-refractivity contribution in [2.75, 3.05) is 18.0 Å². The van der Waals surface area contributed by atoms with Crippen LogP contribution in [0.3, 0.4) is 0 Å². The summed E-state index contributed by atoms with van der Waals surface area (Å²) in [5, 5.41) is 8.87. The number of fused-ring (bicyclic) bond motifs is 1. The lowest BCUT2D eigenvalue weighted by Crippen LogP contribution is -2.56. The van der Waals surface area contributed by atoms with Crippen LogP contribution in [0.1, 0.15) is 10.4 Å². The van der Waals surface area contributed by atoms with Gasteiger partial charge in [0.2, 0.25) is 5.43 Å². The lowest BCUT2D eigenvalue weighted by atomic mass is 10.1. The molecule has 3 heterocycles. The molecule has 1 aromatic carbocycles. The predicted molar refractivity (Wildman–Crippen MR) is 106 cm³/mol. The molecule has 13 heteroatoms. The molecule has 1 saturated heterocycles. The van der Waals surface area contributed by atoms with Crippen molar-refractivity contribution in [2.45, 2.75) is 12.4 Å². The Morgan fingerprint density at radius 3 is 2.53 bits per heavy atom. The summed E-state index contributed by atoms with van der Waals surface area (Å²) in [6, 6.07) is 2.73. The molecule has 0 spiro atoms. The molecule has 0 radical (unpaired) electrons. The fourth-order valence-corrected chi connectivity index (χ4v) is 3.83. The summed E-state index contributed by atoms with van der Waals surface area (Å²) >= 11 is 6.45. The third-order valence-corrected chi connectivity index (χ3v) is 5.17. The first-order valence-corrected chi connectivity index (χ1v) is 9.37. The van der Waals surface area contributed by atoms with Crippen molar-refractivity contribution < 1.29 is 32.2 Å². The fraction of sp³-hybridized carbons (Fsp3) is 0.211. The number of hydrogen-bond donors (Lipinski definition) is 2. The van der Waals surface area contributed by atoms with E-state index in [0.29, 0.717) is 13.1 Å². The third-order valence-electron chi connectivity index (χ3n) is 4.81. The number of aromatic nitrogens is 2. The minimum absolute atomic E-state index is 0.0332. The Kier molecular flexibility index (Phi) is 5.21. The molecule has 3 N–H and O–H groups in total. The molecule has 1 aliphatic heterocycles. The van der Waals surface area contributed by atoms with Gasteiger partial charge in [0.1, 0.15) is 22.9 Å². The summed E-state index contributed by atoms with van der Waals surface area (Å²) in [6.07, 6.45) is -3.24. The quantitative estimate of drug-likeness (QED) is 0.562. The summed E-state index contributed by atoms with van der Waals surface area (Å²) in [5.41, 5.74) is 3.97. The number of pyridine rings is 2. The molecule has 0 aliphatic carbocycles. The maximum absolute atomic E-state index is 14.8. The fourth-order valence-electron chi connectivity index (χ4n) is 3.43. The van der Waals surface area contributed by atoms with Gasteiger partial charge in [0.05, 0.1) is 27.8 Å². The van der Waals surface area contributed by atoms with E-state index in [-0.39, 0.29) is 33.5 Å². The SMILES string of the molecule is NC1CN(c2c(F)cc3c(=O)c(C(=O)O)cn(-c4ccc(OC(F)(F)F)cn4)c3c2Cl)C1. The minimum Gasteiger partial charge on any atom is -0.477 e. The average molecular weight is 473 g/mol. The number of alkyl halides is 3.